The van der Waals surface area contributed by atoms with Crippen LogP contribution in [0.2, 0.25) is 0 Å². The number of alkyl halides is 4. The van der Waals surface area contributed by atoms with E-state index in [0.29, 0.717) is 6.07 Å². The van der Waals surface area contributed by atoms with Crippen LogP contribution in [0.25, 0.3) is 0 Å². The van der Waals surface area contributed by atoms with Crippen LogP contribution in [0, 0.1) is 0 Å². The molecule has 0 radical (unpaired) electrons. The van der Waals surface area contributed by atoms with E-state index in [4.69, 9.17) is 16.7 Å². The summed E-state index contributed by atoms with van der Waals surface area (Å²) in [4.78, 5) is 23.7. The summed E-state index contributed by atoms with van der Waals surface area (Å²) in [5, 5.41) is 8.70. The summed E-state index contributed by atoms with van der Waals surface area (Å²) < 4.78 is 39.0. The molecule has 1 aromatic rings. The van der Waals surface area contributed by atoms with Crippen LogP contribution >= 0.6 is 11.6 Å². The van der Waals surface area contributed by atoms with Crippen LogP contribution in [-0.2, 0) is 5.88 Å². The molecule has 0 fully saturated rings. The second-order valence-corrected chi connectivity index (χ2v) is 3.11. The summed E-state index contributed by atoms with van der Waals surface area (Å²) in [5.74, 6) is -3.02. The molecule has 1 aromatic heterocycles. The number of hydrogen-bond donors (Lipinski definition) is 2. The number of nitrogens with one attached hydrogen (secondary N) is 1. The molecule has 1 rings (SSSR count). The third kappa shape index (κ3) is 3.38. The lowest BCUT2D eigenvalue weighted by Gasteiger charge is -2.10. The fourth-order valence-corrected chi connectivity index (χ4v) is 1.33. The van der Waals surface area contributed by atoms with Crippen molar-refractivity contribution in [2.24, 2.45) is 0 Å². The smallest absolute Gasteiger partial charge is 0.478 e. The molecule has 9 heteroatoms. The van der Waals surface area contributed by atoms with Crippen molar-refractivity contribution in [2.75, 3.05) is 0 Å². The Kier molecular flexibility index (Phi) is 3.66. The van der Waals surface area contributed by atoms with Crippen molar-refractivity contribution in [3.8, 4) is 5.88 Å². The molecule has 17 heavy (non-hydrogen) atoms. The van der Waals surface area contributed by atoms with Crippen LogP contribution in [0.15, 0.2) is 10.9 Å². The van der Waals surface area contributed by atoms with Gasteiger partial charge in [-0.3, -0.25) is 9.78 Å². The number of carboxylic acids is 1. The lowest BCUT2D eigenvalue weighted by molar-refractivity contribution is -0.276. The Morgan fingerprint density at radius 1 is 1.53 bits per heavy atom. The second-order valence-electron chi connectivity index (χ2n) is 2.84. The van der Waals surface area contributed by atoms with Crippen LogP contribution in [0.5, 0.6) is 5.88 Å². The Morgan fingerprint density at radius 3 is 2.53 bits per heavy atom. The minimum atomic E-state index is -5.03. The summed E-state index contributed by atoms with van der Waals surface area (Å²) in [5.41, 5.74) is -2.02. The van der Waals surface area contributed by atoms with Crippen LogP contribution in [0.3, 0.4) is 0 Å². The molecule has 0 aliphatic carbocycles. The van der Waals surface area contributed by atoms with E-state index in [2.05, 4.69) is 4.74 Å². The number of aromatic carboxylic acids is 1. The SMILES string of the molecule is O=C(O)c1cc(OC(F)(F)F)[nH]c(=O)c1CCl. The minimum Gasteiger partial charge on any atom is -0.478 e. The highest BCUT2D eigenvalue weighted by Gasteiger charge is 2.32. The van der Waals surface area contributed by atoms with Gasteiger partial charge in [0.1, 0.15) is 0 Å². The Hall–Kier alpha value is -1.70. The minimum absolute atomic E-state index is 0.339. The van der Waals surface area contributed by atoms with Crippen molar-refractivity contribution in [2.45, 2.75) is 12.2 Å². The quantitative estimate of drug-likeness (QED) is 0.820. The lowest BCUT2D eigenvalue weighted by Crippen LogP contribution is -2.23. The average Bonchev–Trinajstić information content (AvgIpc) is 2.13. The number of rotatable bonds is 3. The number of halogens is 4. The van der Waals surface area contributed by atoms with Gasteiger partial charge in [0.25, 0.3) is 5.56 Å². The van der Waals surface area contributed by atoms with Gasteiger partial charge in [0.05, 0.1) is 11.4 Å². The molecular formula is C8H5ClF3NO4. The topological polar surface area (TPSA) is 79.4 Å². The first kappa shape index (κ1) is 13.4. The maximum absolute atomic E-state index is 11.9. The summed E-state index contributed by atoms with van der Waals surface area (Å²) in [6.45, 7) is 0. The first-order valence-corrected chi connectivity index (χ1v) is 4.59. The molecule has 1 heterocycles. The third-order valence-electron chi connectivity index (χ3n) is 1.70. The van der Waals surface area contributed by atoms with Crippen LogP contribution in [-0.4, -0.2) is 22.4 Å². The Balaban J connectivity index is 3.30. The molecule has 0 atom stereocenters. The average molecular weight is 272 g/mol. The number of H-pyrrole nitrogens is 1. The molecule has 0 aromatic carbocycles. The molecule has 94 valence electrons. The number of carbonyl (C=O) groups is 1. The lowest BCUT2D eigenvalue weighted by atomic mass is 10.1. The van der Waals surface area contributed by atoms with Crippen molar-refractivity contribution >= 4 is 17.6 Å². The zero-order valence-electron chi connectivity index (χ0n) is 7.97. The van der Waals surface area contributed by atoms with E-state index in [0.717, 1.165) is 0 Å². The fourth-order valence-electron chi connectivity index (χ4n) is 1.07. The van der Waals surface area contributed by atoms with Crippen molar-refractivity contribution < 1.29 is 27.8 Å². The molecule has 0 amide bonds. The molecule has 2 N–H and O–H groups in total. The molecule has 0 aliphatic rings. The monoisotopic (exact) mass is 271 g/mol. The number of carboxylic acid groups (broad SMARTS) is 1. The van der Waals surface area contributed by atoms with E-state index < -0.39 is 35.2 Å². The van der Waals surface area contributed by atoms with E-state index in [1.807, 2.05) is 0 Å². The second kappa shape index (κ2) is 4.66. The molecule has 0 saturated heterocycles. The number of pyridine rings is 1. The molecule has 0 saturated carbocycles. The van der Waals surface area contributed by atoms with Crippen LogP contribution in [0.4, 0.5) is 13.2 Å². The maximum atomic E-state index is 11.9. The molecule has 0 unspecified atom stereocenters. The van der Waals surface area contributed by atoms with E-state index in [9.17, 15) is 22.8 Å². The standard InChI is InChI=1S/C8H5ClF3NO4/c9-2-4-3(7(15)16)1-5(13-6(4)14)17-8(10,11)12/h1H,2H2,(H,13,14)(H,15,16). The van der Waals surface area contributed by atoms with Gasteiger partial charge in [-0.2, -0.15) is 0 Å². The number of ether oxygens (including phenoxy) is 1. The molecule has 0 aliphatic heterocycles. The van der Waals surface area contributed by atoms with Gasteiger partial charge in [-0.1, -0.05) is 0 Å². The van der Waals surface area contributed by atoms with Gasteiger partial charge in [-0.15, -0.1) is 24.8 Å². The Morgan fingerprint density at radius 2 is 2.12 bits per heavy atom. The summed E-state index contributed by atoms with van der Waals surface area (Å²) in [6.07, 6.45) is -5.03. The normalized spacial score (nSPS) is 11.3. The first-order valence-electron chi connectivity index (χ1n) is 4.06. The molecule has 5 nitrogen and oxygen atoms in total. The molecule has 0 bridgehead atoms. The number of aromatic nitrogens is 1. The van der Waals surface area contributed by atoms with Crippen molar-refractivity contribution in [1.29, 1.82) is 0 Å². The predicted octanol–water partition coefficient (Wildman–Crippen LogP) is 1.71. The van der Waals surface area contributed by atoms with Crippen molar-refractivity contribution in [1.82, 2.24) is 4.98 Å². The maximum Gasteiger partial charge on any atom is 0.574 e. The van der Waals surface area contributed by atoms with Gasteiger partial charge < -0.3 is 9.84 Å². The highest BCUT2D eigenvalue weighted by Crippen LogP contribution is 2.21. The first-order chi connectivity index (χ1) is 7.74. The van der Waals surface area contributed by atoms with Gasteiger partial charge in [-0.05, 0) is 0 Å². The van der Waals surface area contributed by atoms with Gasteiger partial charge in [-0.25, -0.2) is 4.79 Å². The molecule has 0 spiro atoms. The van der Waals surface area contributed by atoms with E-state index >= 15 is 0 Å². The van der Waals surface area contributed by atoms with Gasteiger partial charge in [0.2, 0.25) is 5.88 Å². The van der Waals surface area contributed by atoms with E-state index in [1.165, 1.54) is 0 Å². The predicted molar refractivity (Wildman–Crippen MR) is 50.3 cm³/mol. The Labute approximate surface area is 96.8 Å². The summed E-state index contributed by atoms with van der Waals surface area (Å²) >= 11 is 5.32. The Bertz CT molecular complexity index is 497. The van der Waals surface area contributed by atoms with Crippen molar-refractivity contribution in [3.05, 3.63) is 27.5 Å². The fraction of sp³-hybridized carbons (Fsp3) is 0.250. The highest BCUT2D eigenvalue weighted by molar-refractivity contribution is 6.17. The van der Waals surface area contributed by atoms with Crippen LogP contribution in [0.1, 0.15) is 15.9 Å². The zero-order valence-corrected chi connectivity index (χ0v) is 8.72. The van der Waals surface area contributed by atoms with Crippen LogP contribution < -0.4 is 10.3 Å². The van der Waals surface area contributed by atoms with Crippen molar-refractivity contribution in [3.63, 3.8) is 0 Å². The number of aromatic amines is 1. The van der Waals surface area contributed by atoms with Gasteiger partial charge in [0, 0.05) is 11.6 Å². The zero-order chi connectivity index (χ0) is 13.2. The van der Waals surface area contributed by atoms with Gasteiger partial charge >= 0.3 is 12.3 Å². The third-order valence-corrected chi connectivity index (χ3v) is 1.97. The van der Waals surface area contributed by atoms with Gasteiger partial charge in [0.15, 0.2) is 0 Å². The van der Waals surface area contributed by atoms with E-state index in [1.54, 1.807) is 4.98 Å². The highest BCUT2D eigenvalue weighted by atomic mass is 35.5. The summed E-state index contributed by atoms with van der Waals surface area (Å²) in [6, 6.07) is 0.551. The largest absolute Gasteiger partial charge is 0.574 e. The van der Waals surface area contributed by atoms with E-state index in [-0.39, 0.29) is 5.56 Å². The summed E-state index contributed by atoms with van der Waals surface area (Å²) in [7, 11) is 0. The molecular weight excluding hydrogens is 267 g/mol. The number of hydrogen-bond acceptors (Lipinski definition) is 3.